The van der Waals surface area contributed by atoms with Gasteiger partial charge in [-0.3, -0.25) is 29.0 Å². The van der Waals surface area contributed by atoms with Crippen LogP contribution in [0.25, 0.3) is 0 Å². The zero-order valence-electron chi connectivity index (χ0n) is 30.7. The summed E-state index contributed by atoms with van der Waals surface area (Å²) < 4.78 is 16.7. The Hall–Kier alpha value is -4.42. The normalized spacial score (nSPS) is 32.8. The van der Waals surface area contributed by atoms with Gasteiger partial charge < -0.3 is 50.2 Å². The van der Waals surface area contributed by atoms with Gasteiger partial charge in [-0.15, -0.1) is 0 Å². The highest BCUT2D eigenvalue weighted by Crippen LogP contribution is 2.56. The molecule has 294 valence electrons. The van der Waals surface area contributed by atoms with Crippen LogP contribution >= 0.6 is 0 Å². The maximum Gasteiger partial charge on any atom is 0.255 e. The van der Waals surface area contributed by atoms with Gasteiger partial charge in [-0.1, -0.05) is 25.3 Å². The second kappa shape index (κ2) is 14.0. The smallest absolute Gasteiger partial charge is 0.255 e. The zero-order chi connectivity index (χ0) is 39.9. The third kappa shape index (κ3) is 5.44. The van der Waals surface area contributed by atoms with Crippen molar-refractivity contribution in [3.05, 3.63) is 56.6 Å². The van der Waals surface area contributed by atoms with E-state index in [2.05, 4.69) is 10.3 Å². The van der Waals surface area contributed by atoms with Crippen molar-refractivity contribution >= 4 is 34.8 Å². The summed E-state index contributed by atoms with van der Waals surface area (Å²) in [5.41, 5.74) is -9.67. The molecular weight excluding hydrogens is 720 g/mol. The Morgan fingerprint density at radius 2 is 1.69 bits per heavy atom. The number of ether oxygens (including phenoxy) is 3. The van der Waals surface area contributed by atoms with Crippen molar-refractivity contribution in [2.24, 2.45) is 10.9 Å². The summed E-state index contributed by atoms with van der Waals surface area (Å²) in [6.07, 6.45) is -2.95. The van der Waals surface area contributed by atoms with E-state index >= 15 is 0 Å². The molecule has 1 saturated heterocycles. The van der Waals surface area contributed by atoms with E-state index in [1.54, 1.807) is 6.92 Å². The van der Waals surface area contributed by atoms with Crippen LogP contribution in [0.4, 0.5) is 0 Å². The van der Waals surface area contributed by atoms with Crippen LogP contribution in [0, 0.1) is 12.8 Å². The molecule has 1 aliphatic heterocycles. The second-order valence-electron chi connectivity index (χ2n) is 15.1. The number of hydrogen-bond donors (Lipinski definition) is 7. The summed E-state index contributed by atoms with van der Waals surface area (Å²) in [6, 6.07) is 2.11. The Kier molecular flexibility index (Phi) is 9.85. The van der Waals surface area contributed by atoms with E-state index in [4.69, 9.17) is 14.2 Å². The summed E-state index contributed by atoms with van der Waals surface area (Å²) in [6.45, 7) is 2.50. The van der Waals surface area contributed by atoms with Gasteiger partial charge in [-0.25, -0.2) is 0 Å². The third-order valence-electron chi connectivity index (χ3n) is 12.1. The zero-order valence-corrected chi connectivity index (χ0v) is 30.7. The van der Waals surface area contributed by atoms with Crippen molar-refractivity contribution in [3.8, 4) is 11.5 Å². The standard InChI is InChI=1S/C39H44N2O14/c1-15-10-17-11-24(44)39(54-4)35(50)27-20(34(49)38(39,52)28(17)32(48)25(15)36(51)40-18-8-6-5-7-9-18)12-19-26(31(27)47)23(43)13-22(29(19)45)41-37-21(14-42)30(46)33(53-3)16(2)55-37/h10,12,16,18,21,24,30,33,37,42,44,46-48,52H,5-9,11,13-14H2,1-4H3,(H,40,51)/t16-,21+,24+,30-,33-,37?,38-,39+/m0/s1. The number of aryl methyl sites for hydroxylation is 1. The molecule has 55 heavy (non-hydrogen) atoms. The number of carbonyl (C=O) groups is 5. The van der Waals surface area contributed by atoms with Crippen molar-refractivity contribution in [2.75, 3.05) is 20.8 Å². The molecule has 1 heterocycles. The average Bonchev–Trinajstić information content (AvgIpc) is 3.13. The number of hydrogen-bond acceptors (Lipinski definition) is 15. The number of aromatic hydroxyl groups is 2. The number of nitrogens with zero attached hydrogens (tertiary/aromatic N) is 1. The maximum atomic E-state index is 14.8. The fourth-order valence-electron chi connectivity index (χ4n) is 9.38. The average molecular weight is 765 g/mol. The molecule has 1 unspecified atom stereocenters. The van der Waals surface area contributed by atoms with Gasteiger partial charge >= 0.3 is 0 Å². The molecule has 0 radical (unpaired) electrons. The van der Waals surface area contributed by atoms with E-state index in [9.17, 15) is 54.6 Å². The molecule has 1 saturated carbocycles. The van der Waals surface area contributed by atoms with E-state index < -0.39 is 141 Å². The largest absolute Gasteiger partial charge is 0.507 e. The van der Waals surface area contributed by atoms with Crippen LogP contribution in [0.3, 0.4) is 0 Å². The van der Waals surface area contributed by atoms with Crippen molar-refractivity contribution in [2.45, 2.75) is 107 Å². The topological polar surface area (TPSA) is 259 Å². The van der Waals surface area contributed by atoms with Gasteiger partial charge in [0.05, 0.1) is 59.7 Å². The highest BCUT2D eigenvalue weighted by atomic mass is 16.6. The van der Waals surface area contributed by atoms with Crippen molar-refractivity contribution in [3.63, 3.8) is 0 Å². The van der Waals surface area contributed by atoms with Crippen molar-refractivity contribution in [1.82, 2.24) is 5.32 Å². The molecule has 0 bridgehead atoms. The number of phenolic OH excluding ortho intramolecular Hbond substituents is 2. The Bertz CT molecular complexity index is 2060. The lowest BCUT2D eigenvalue weighted by molar-refractivity contribution is -0.206. The molecule has 0 spiro atoms. The van der Waals surface area contributed by atoms with Crippen LogP contribution in [0.1, 0.15) is 114 Å². The molecule has 16 nitrogen and oxygen atoms in total. The fourth-order valence-corrected chi connectivity index (χ4v) is 9.38. The number of nitrogens with one attached hydrogen (secondary N) is 1. The van der Waals surface area contributed by atoms with Gasteiger partial charge in [0, 0.05) is 43.4 Å². The number of methoxy groups -OCH3 is 2. The predicted octanol–water partition coefficient (Wildman–Crippen LogP) is 0.977. The maximum absolute atomic E-state index is 14.8. The second-order valence-corrected chi connectivity index (χ2v) is 15.1. The van der Waals surface area contributed by atoms with Crippen LogP contribution in [-0.4, -0.2) is 129 Å². The van der Waals surface area contributed by atoms with Crippen molar-refractivity contribution in [1.29, 1.82) is 0 Å². The summed E-state index contributed by atoms with van der Waals surface area (Å²) in [7, 11) is 2.30. The quantitative estimate of drug-likeness (QED) is 0.216. The first kappa shape index (κ1) is 38.8. The first-order valence-electron chi connectivity index (χ1n) is 18.3. The summed E-state index contributed by atoms with van der Waals surface area (Å²) in [5, 5.41) is 71.5. The summed E-state index contributed by atoms with van der Waals surface area (Å²) >= 11 is 0. The Labute approximate surface area is 315 Å². The molecule has 2 fully saturated rings. The number of benzene rings is 2. The van der Waals surface area contributed by atoms with Gasteiger partial charge in [-0.05, 0) is 43.9 Å². The molecule has 5 aliphatic rings. The van der Waals surface area contributed by atoms with Crippen LogP contribution in [-0.2, 0) is 26.2 Å². The lowest BCUT2D eigenvalue weighted by Crippen LogP contribution is -2.73. The van der Waals surface area contributed by atoms with E-state index in [0.29, 0.717) is 0 Å². The van der Waals surface area contributed by atoms with E-state index in [1.807, 2.05) is 0 Å². The van der Waals surface area contributed by atoms with E-state index in [0.717, 1.165) is 45.3 Å². The lowest BCUT2D eigenvalue weighted by Gasteiger charge is -2.53. The number of aliphatic imine (C=N–C) groups is 1. The lowest BCUT2D eigenvalue weighted by atomic mass is 9.56. The number of rotatable bonds is 6. The highest BCUT2D eigenvalue weighted by molar-refractivity contribution is 6.53. The number of fused-ring (bicyclic) bond motifs is 5. The number of aliphatic hydroxyl groups is 4. The Morgan fingerprint density at radius 1 is 1.00 bits per heavy atom. The minimum absolute atomic E-state index is 0.0393. The van der Waals surface area contributed by atoms with E-state index in [1.165, 1.54) is 20.1 Å². The number of aliphatic hydroxyl groups excluding tert-OH is 3. The Morgan fingerprint density at radius 3 is 2.33 bits per heavy atom. The van der Waals surface area contributed by atoms with Crippen molar-refractivity contribution < 1.29 is 68.8 Å². The van der Waals surface area contributed by atoms with Gasteiger partial charge in [0.1, 0.15) is 17.6 Å². The molecule has 4 aliphatic carbocycles. The number of Topliss-reactive ketones (excluding diaryl/α,β-unsaturated/α-hetero) is 4. The summed E-state index contributed by atoms with van der Waals surface area (Å²) in [5.74, 6) is -8.13. The summed E-state index contributed by atoms with van der Waals surface area (Å²) in [4.78, 5) is 75.1. The highest BCUT2D eigenvalue weighted by Gasteiger charge is 2.72. The first-order valence-corrected chi connectivity index (χ1v) is 18.3. The number of phenols is 2. The minimum Gasteiger partial charge on any atom is -0.507 e. The van der Waals surface area contributed by atoms with Crippen LogP contribution in [0.5, 0.6) is 11.5 Å². The van der Waals surface area contributed by atoms with Crippen LogP contribution < -0.4 is 5.32 Å². The van der Waals surface area contributed by atoms with Gasteiger partial charge in [-0.2, -0.15) is 0 Å². The monoisotopic (exact) mass is 764 g/mol. The molecule has 1 amide bonds. The number of amides is 1. The Balaban J connectivity index is 1.37. The SMILES string of the molecule is CO[C@@H]1[C@@H](O)[C@@H](CO)C(N=C2CC(=O)c3c(cc4c(c3O)C(=O)[C@]3(OC)[C@H](O)Cc5cc(C)c(C(=O)NC6CCCCC6)c(O)c5[C@]3(O)C4=O)C2=O)O[C@H]1C. The molecular formula is C39H44N2O14. The fraction of sp³-hybridized carbons (Fsp3) is 0.538. The molecule has 16 heteroatoms. The molecule has 8 atom stereocenters. The molecule has 7 rings (SSSR count). The van der Waals surface area contributed by atoms with Crippen LogP contribution in [0.15, 0.2) is 17.1 Å². The number of ketones is 4. The van der Waals surface area contributed by atoms with Gasteiger partial charge in [0.25, 0.3) is 5.91 Å². The molecule has 2 aromatic carbocycles. The van der Waals surface area contributed by atoms with Gasteiger partial charge in [0.15, 0.2) is 23.2 Å². The van der Waals surface area contributed by atoms with Crippen LogP contribution in [0.2, 0.25) is 0 Å². The number of carbonyl (C=O) groups excluding carboxylic acids is 5. The van der Waals surface area contributed by atoms with Gasteiger partial charge in [0.2, 0.25) is 17.3 Å². The van der Waals surface area contributed by atoms with E-state index in [-0.39, 0.29) is 22.7 Å². The predicted molar refractivity (Wildman–Crippen MR) is 190 cm³/mol. The molecule has 7 N–H and O–H groups in total. The molecule has 0 aromatic heterocycles. The minimum atomic E-state index is -3.22. The molecule has 2 aromatic rings. The third-order valence-corrected chi connectivity index (χ3v) is 12.1. The first-order chi connectivity index (χ1) is 26.1.